The van der Waals surface area contributed by atoms with Gasteiger partial charge < -0.3 is 15.6 Å². The topological polar surface area (TPSA) is 127 Å². The van der Waals surface area contributed by atoms with Gasteiger partial charge in [0.15, 0.2) is 0 Å². The van der Waals surface area contributed by atoms with Crippen LogP contribution in [0.5, 0.6) is 0 Å². The summed E-state index contributed by atoms with van der Waals surface area (Å²) in [5, 5.41) is 10.3. The third-order valence-corrected chi connectivity index (χ3v) is 3.74. The number of H-pyrrole nitrogens is 1. The number of benzene rings is 1. The lowest BCUT2D eigenvalue weighted by Crippen LogP contribution is -2.54. The van der Waals surface area contributed by atoms with Gasteiger partial charge in [-0.2, -0.15) is 13.2 Å². The number of aromatic nitrogens is 2. The monoisotopic (exact) mass is 393 g/mol. The molecule has 1 atom stereocenters. The summed E-state index contributed by atoms with van der Waals surface area (Å²) in [5.74, 6) is -3.28. The Hall–Kier alpha value is -2.79. The second kappa shape index (κ2) is 6.50. The number of nitrogens with two attached hydrogens (primary N) is 1. The maximum atomic E-state index is 13.4. The number of methoxy groups -OCH3 is 1. The third kappa shape index (κ3) is 2.95. The lowest BCUT2D eigenvalue weighted by molar-refractivity contribution is -0.267. The zero-order valence-corrected chi connectivity index (χ0v) is 13.7. The molecule has 1 unspecified atom stereocenters. The molecule has 0 fully saturated rings. The van der Waals surface area contributed by atoms with Crippen molar-refractivity contribution in [1.82, 2.24) is 9.55 Å². The number of esters is 1. The Kier molecular flexibility index (Phi) is 4.88. The van der Waals surface area contributed by atoms with Crippen molar-refractivity contribution in [2.45, 2.75) is 11.8 Å². The van der Waals surface area contributed by atoms with E-state index in [0.29, 0.717) is 11.7 Å². The van der Waals surface area contributed by atoms with Gasteiger partial charge in [0, 0.05) is 5.02 Å². The first kappa shape index (κ1) is 19.5. The minimum absolute atomic E-state index is 0.0659. The van der Waals surface area contributed by atoms with Crippen molar-refractivity contribution in [3.63, 3.8) is 0 Å². The van der Waals surface area contributed by atoms with Crippen LogP contribution in [-0.4, -0.2) is 33.9 Å². The zero-order chi connectivity index (χ0) is 19.9. The van der Waals surface area contributed by atoms with E-state index in [2.05, 4.69) is 4.74 Å². The van der Waals surface area contributed by atoms with Crippen LogP contribution in [0.4, 0.5) is 19.0 Å². The van der Waals surface area contributed by atoms with E-state index in [9.17, 15) is 32.7 Å². The molecule has 0 aliphatic carbocycles. The van der Waals surface area contributed by atoms with Gasteiger partial charge in [-0.05, 0) is 24.3 Å². The number of anilines is 1. The summed E-state index contributed by atoms with van der Waals surface area (Å²) in [6.07, 6.45) is -5.66. The summed E-state index contributed by atoms with van der Waals surface area (Å²) < 4.78 is 44.7. The highest BCUT2D eigenvalue weighted by Gasteiger charge is 2.64. The van der Waals surface area contributed by atoms with Crippen molar-refractivity contribution >= 4 is 23.4 Å². The average molecular weight is 394 g/mol. The van der Waals surface area contributed by atoms with Crippen molar-refractivity contribution in [3.05, 3.63) is 55.7 Å². The van der Waals surface area contributed by atoms with Gasteiger partial charge in [-0.3, -0.25) is 9.78 Å². The number of hydrogen-bond donors (Lipinski definition) is 3. The molecule has 4 N–H and O–H groups in total. The molecule has 1 aromatic heterocycles. The van der Waals surface area contributed by atoms with Gasteiger partial charge in [0.05, 0.1) is 12.8 Å². The first-order valence-electron chi connectivity index (χ1n) is 6.74. The Balaban J connectivity index is 2.92. The molecule has 1 aromatic carbocycles. The molecule has 1 heterocycles. The Labute approximate surface area is 147 Å². The number of halogens is 4. The molecule has 0 radical (unpaired) electrons. The molecule has 140 valence electrons. The van der Waals surface area contributed by atoms with E-state index in [1.807, 2.05) is 0 Å². The number of nitrogens with zero attached hydrogens (tertiary/aromatic N) is 1. The first-order chi connectivity index (χ1) is 11.9. The average Bonchev–Trinajstić information content (AvgIpc) is 2.54. The van der Waals surface area contributed by atoms with Crippen LogP contribution in [0, 0.1) is 0 Å². The molecule has 0 saturated carbocycles. The number of nitrogen functional groups attached to an aromatic ring is 1. The molecule has 12 heteroatoms. The van der Waals surface area contributed by atoms with Crippen LogP contribution in [-0.2, 0) is 15.1 Å². The Morgan fingerprint density at radius 2 is 1.81 bits per heavy atom. The lowest BCUT2D eigenvalue weighted by atomic mass is 9.94. The molecule has 0 bridgehead atoms. The molecular formula is C14H11ClF3N3O5. The summed E-state index contributed by atoms with van der Waals surface area (Å²) >= 11 is 5.70. The lowest BCUT2D eigenvalue weighted by Gasteiger charge is -2.28. The molecular weight excluding hydrogens is 383 g/mol. The van der Waals surface area contributed by atoms with Gasteiger partial charge in [0.1, 0.15) is 11.4 Å². The van der Waals surface area contributed by atoms with Crippen LogP contribution in [0.2, 0.25) is 5.02 Å². The summed E-state index contributed by atoms with van der Waals surface area (Å²) in [6, 6.07) is 5.08. The summed E-state index contributed by atoms with van der Waals surface area (Å²) in [7, 11) is 0.582. The van der Waals surface area contributed by atoms with E-state index >= 15 is 0 Å². The fraction of sp³-hybridized carbons (Fsp3) is 0.214. The van der Waals surface area contributed by atoms with Crippen molar-refractivity contribution in [2.75, 3.05) is 12.8 Å². The summed E-state index contributed by atoms with van der Waals surface area (Å²) in [5.41, 5.74) is -3.35. The number of hydrogen-bond acceptors (Lipinski definition) is 6. The highest BCUT2D eigenvalue weighted by Crippen LogP contribution is 2.40. The van der Waals surface area contributed by atoms with Gasteiger partial charge in [-0.25, -0.2) is 14.2 Å². The molecule has 26 heavy (non-hydrogen) atoms. The standard InChI is InChI=1S/C14H11ClF3N3O5/c1-26-11(23)13(25,14(16,17)18)8-9(19)21(12(24)20-10(8)22)7-4-2-6(15)3-5-7/h2-5,25H,19H2,1H3,(H,20,22,24). The minimum Gasteiger partial charge on any atom is -0.466 e. The van der Waals surface area contributed by atoms with Crippen molar-refractivity contribution < 1.29 is 27.8 Å². The fourth-order valence-corrected chi connectivity index (χ4v) is 2.38. The number of nitrogens with one attached hydrogen (secondary N) is 1. The largest absolute Gasteiger partial charge is 0.466 e. The summed E-state index contributed by atoms with van der Waals surface area (Å²) in [6.45, 7) is 0. The minimum atomic E-state index is -5.66. The van der Waals surface area contributed by atoms with E-state index in [0.717, 1.165) is 0 Å². The van der Waals surface area contributed by atoms with Crippen LogP contribution in [0.15, 0.2) is 33.9 Å². The number of aliphatic hydroxyl groups is 1. The Morgan fingerprint density at radius 1 is 1.27 bits per heavy atom. The predicted octanol–water partition coefficient (Wildman–Crippen LogP) is 0.684. The smallest absolute Gasteiger partial charge is 0.432 e. The normalized spacial score (nSPS) is 13.9. The predicted molar refractivity (Wildman–Crippen MR) is 84.0 cm³/mol. The maximum Gasteiger partial charge on any atom is 0.432 e. The van der Waals surface area contributed by atoms with E-state index < -0.39 is 40.4 Å². The fourth-order valence-electron chi connectivity index (χ4n) is 2.26. The molecule has 0 saturated heterocycles. The molecule has 0 amide bonds. The first-order valence-corrected chi connectivity index (χ1v) is 7.11. The number of carbonyl (C=O) groups is 1. The van der Waals surface area contributed by atoms with Crippen LogP contribution < -0.4 is 17.0 Å². The van der Waals surface area contributed by atoms with Crippen LogP contribution in [0.25, 0.3) is 5.69 Å². The SMILES string of the molecule is COC(=O)C(O)(c1c(N)n(-c2ccc(Cl)cc2)c(=O)[nH]c1=O)C(F)(F)F. The second-order valence-electron chi connectivity index (χ2n) is 5.03. The molecule has 0 spiro atoms. The molecule has 2 aromatic rings. The maximum absolute atomic E-state index is 13.4. The van der Waals surface area contributed by atoms with E-state index in [1.54, 1.807) is 4.98 Å². The molecule has 0 aliphatic heterocycles. The number of alkyl halides is 3. The van der Waals surface area contributed by atoms with Crippen LogP contribution >= 0.6 is 11.6 Å². The van der Waals surface area contributed by atoms with Gasteiger partial charge in [0.2, 0.25) is 0 Å². The van der Waals surface area contributed by atoms with E-state index in [-0.39, 0.29) is 10.7 Å². The number of carbonyl (C=O) groups excluding carboxylic acids is 1. The van der Waals surface area contributed by atoms with Crippen molar-refractivity contribution in [3.8, 4) is 5.69 Å². The molecule has 8 nitrogen and oxygen atoms in total. The van der Waals surface area contributed by atoms with E-state index in [4.69, 9.17) is 17.3 Å². The Morgan fingerprint density at radius 3 is 2.27 bits per heavy atom. The van der Waals surface area contributed by atoms with Gasteiger partial charge in [-0.15, -0.1) is 0 Å². The van der Waals surface area contributed by atoms with Gasteiger partial charge in [-0.1, -0.05) is 11.6 Å². The number of rotatable bonds is 3. The van der Waals surface area contributed by atoms with Crippen LogP contribution in [0.1, 0.15) is 5.56 Å². The quantitative estimate of drug-likeness (QED) is 0.658. The van der Waals surface area contributed by atoms with Gasteiger partial charge in [0.25, 0.3) is 11.2 Å². The molecule has 2 rings (SSSR count). The van der Waals surface area contributed by atoms with Crippen LogP contribution in [0.3, 0.4) is 0 Å². The highest BCUT2D eigenvalue weighted by molar-refractivity contribution is 6.30. The number of aromatic amines is 1. The number of ether oxygens (including phenoxy) is 1. The zero-order valence-electron chi connectivity index (χ0n) is 12.9. The third-order valence-electron chi connectivity index (χ3n) is 3.49. The van der Waals surface area contributed by atoms with Crippen molar-refractivity contribution in [1.29, 1.82) is 0 Å². The summed E-state index contributed by atoms with van der Waals surface area (Å²) in [4.78, 5) is 37.3. The second-order valence-corrected chi connectivity index (χ2v) is 5.47. The van der Waals surface area contributed by atoms with E-state index in [1.165, 1.54) is 24.3 Å². The highest BCUT2D eigenvalue weighted by atomic mass is 35.5. The van der Waals surface area contributed by atoms with Crippen molar-refractivity contribution in [2.24, 2.45) is 0 Å². The Bertz CT molecular complexity index is 968. The van der Waals surface area contributed by atoms with Gasteiger partial charge >= 0.3 is 17.8 Å². The molecule has 0 aliphatic rings.